The maximum absolute atomic E-state index is 12.2. The van der Waals surface area contributed by atoms with E-state index in [1.807, 2.05) is 4.90 Å². The van der Waals surface area contributed by atoms with Crippen LogP contribution in [0.25, 0.3) is 0 Å². The summed E-state index contributed by atoms with van der Waals surface area (Å²) in [6.07, 6.45) is 3.18. The molecule has 22 heavy (non-hydrogen) atoms. The maximum atomic E-state index is 12.2. The molecule has 1 aliphatic heterocycles. The fourth-order valence-electron chi connectivity index (χ4n) is 2.93. The molecule has 2 fully saturated rings. The summed E-state index contributed by atoms with van der Waals surface area (Å²) in [5.74, 6) is 0.0967. The van der Waals surface area contributed by atoms with Crippen molar-refractivity contribution in [2.75, 3.05) is 26.2 Å². The normalized spacial score (nSPS) is 19.2. The Morgan fingerprint density at radius 1 is 1.00 bits per heavy atom. The number of nitrogens with zero attached hydrogens (tertiary/aromatic N) is 2. The van der Waals surface area contributed by atoms with E-state index in [1.165, 1.54) is 12.8 Å². The molecule has 0 radical (unpaired) electrons. The van der Waals surface area contributed by atoms with E-state index >= 15 is 0 Å². The molecule has 0 unspecified atom stereocenters. The van der Waals surface area contributed by atoms with Crippen molar-refractivity contribution in [2.24, 2.45) is 0 Å². The van der Waals surface area contributed by atoms with Crippen molar-refractivity contribution in [3.05, 3.63) is 34.9 Å². The molecule has 0 aromatic heterocycles. The number of Topliss-reactive ketones (excluding diaryl/α,β-unsaturated/α-hetero) is 1. The number of amides is 1. The number of rotatable bonds is 5. The van der Waals surface area contributed by atoms with Gasteiger partial charge in [-0.2, -0.15) is 0 Å². The molecule has 1 aromatic rings. The van der Waals surface area contributed by atoms with Gasteiger partial charge in [0.25, 0.3) is 0 Å². The molecule has 0 atom stereocenters. The van der Waals surface area contributed by atoms with Gasteiger partial charge in [-0.15, -0.1) is 0 Å². The lowest BCUT2D eigenvalue weighted by Crippen LogP contribution is -2.49. The molecule has 0 N–H and O–H groups in total. The minimum absolute atomic E-state index is 0.00151. The minimum atomic E-state index is 0.00151. The Balaban J connectivity index is 1.44. The fraction of sp³-hybridized carbons (Fsp3) is 0.529. The molecule has 1 aliphatic carbocycles. The number of halogens is 1. The lowest BCUT2D eigenvalue weighted by atomic mass is 10.1. The van der Waals surface area contributed by atoms with E-state index < -0.39 is 0 Å². The molecule has 1 aromatic carbocycles. The van der Waals surface area contributed by atoms with Gasteiger partial charge in [0.15, 0.2) is 5.78 Å². The first-order chi connectivity index (χ1) is 10.6. The lowest BCUT2D eigenvalue weighted by Gasteiger charge is -2.34. The lowest BCUT2D eigenvalue weighted by molar-refractivity contribution is -0.133. The van der Waals surface area contributed by atoms with Crippen LogP contribution in [0.15, 0.2) is 24.3 Å². The second-order valence-corrected chi connectivity index (χ2v) is 6.51. The number of piperazine rings is 1. The number of hydrogen-bond donors (Lipinski definition) is 0. The third kappa shape index (κ3) is 3.87. The summed E-state index contributed by atoms with van der Waals surface area (Å²) in [7, 11) is 0. The van der Waals surface area contributed by atoms with Crippen LogP contribution in [0.5, 0.6) is 0 Å². The van der Waals surface area contributed by atoms with E-state index in [2.05, 4.69) is 4.90 Å². The Morgan fingerprint density at radius 3 is 2.23 bits per heavy atom. The average Bonchev–Trinajstić information content (AvgIpc) is 3.38. The predicted octanol–water partition coefficient (Wildman–Crippen LogP) is 2.61. The predicted molar refractivity (Wildman–Crippen MR) is 86.2 cm³/mol. The summed E-state index contributed by atoms with van der Waals surface area (Å²) in [4.78, 5) is 28.7. The zero-order valence-corrected chi connectivity index (χ0v) is 13.4. The summed E-state index contributed by atoms with van der Waals surface area (Å²) >= 11 is 5.81. The van der Waals surface area contributed by atoms with Gasteiger partial charge in [0.1, 0.15) is 0 Å². The Morgan fingerprint density at radius 2 is 1.64 bits per heavy atom. The fourth-order valence-corrected chi connectivity index (χ4v) is 3.06. The molecule has 1 heterocycles. The highest BCUT2D eigenvalue weighted by atomic mass is 35.5. The molecular weight excluding hydrogens is 300 g/mol. The van der Waals surface area contributed by atoms with Crippen LogP contribution in [0, 0.1) is 0 Å². The van der Waals surface area contributed by atoms with E-state index in [9.17, 15) is 9.59 Å². The second kappa shape index (κ2) is 6.80. The minimum Gasteiger partial charge on any atom is -0.340 e. The Kier molecular flexibility index (Phi) is 4.79. The number of benzene rings is 1. The van der Waals surface area contributed by atoms with Crippen molar-refractivity contribution >= 4 is 23.3 Å². The second-order valence-electron chi connectivity index (χ2n) is 6.08. The molecule has 1 saturated carbocycles. The van der Waals surface area contributed by atoms with Crippen LogP contribution in [0.4, 0.5) is 0 Å². The highest BCUT2D eigenvalue weighted by molar-refractivity contribution is 6.30. The van der Waals surface area contributed by atoms with Crippen LogP contribution in [0.3, 0.4) is 0 Å². The van der Waals surface area contributed by atoms with Gasteiger partial charge in [-0.1, -0.05) is 11.6 Å². The van der Waals surface area contributed by atoms with Crippen molar-refractivity contribution in [3.8, 4) is 0 Å². The van der Waals surface area contributed by atoms with Crippen molar-refractivity contribution in [3.63, 3.8) is 0 Å². The van der Waals surface area contributed by atoms with Gasteiger partial charge in [-0.3, -0.25) is 14.5 Å². The zero-order chi connectivity index (χ0) is 15.5. The number of ketones is 1. The van der Waals surface area contributed by atoms with Crippen LogP contribution in [-0.4, -0.2) is 53.7 Å². The van der Waals surface area contributed by atoms with Gasteiger partial charge in [0, 0.05) is 55.6 Å². The Labute approximate surface area is 136 Å². The van der Waals surface area contributed by atoms with E-state index in [4.69, 9.17) is 11.6 Å². The summed E-state index contributed by atoms with van der Waals surface area (Å²) in [5, 5.41) is 0.612. The molecule has 1 amide bonds. The van der Waals surface area contributed by atoms with Gasteiger partial charge >= 0.3 is 0 Å². The Hall–Kier alpha value is -1.39. The van der Waals surface area contributed by atoms with Crippen LogP contribution in [0.2, 0.25) is 5.02 Å². The van der Waals surface area contributed by atoms with E-state index in [0.29, 0.717) is 17.0 Å². The van der Waals surface area contributed by atoms with Gasteiger partial charge in [-0.25, -0.2) is 0 Å². The number of carbonyl (C=O) groups is 2. The molecule has 118 valence electrons. The average molecular weight is 321 g/mol. The van der Waals surface area contributed by atoms with Crippen LogP contribution in [0.1, 0.15) is 36.0 Å². The van der Waals surface area contributed by atoms with Crippen molar-refractivity contribution in [1.82, 2.24) is 9.80 Å². The van der Waals surface area contributed by atoms with Gasteiger partial charge in [0.05, 0.1) is 0 Å². The largest absolute Gasteiger partial charge is 0.340 e. The van der Waals surface area contributed by atoms with Crippen molar-refractivity contribution < 1.29 is 9.59 Å². The van der Waals surface area contributed by atoms with E-state index in [-0.39, 0.29) is 18.1 Å². The number of hydrogen-bond acceptors (Lipinski definition) is 3. The first-order valence-electron chi connectivity index (χ1n) is 7.94. The van der Waals surface area contributed by atoms with Crippen LogP contribution >= 0.6 is 11.6 Å². The topological polar surface area (TPSA) is 40.6 Å². The van der Waals surface area contributed by atoms with Gasteiger partial charge in [0.2, 0.25) is 5.91 Å². The van der Waals surface area contributed by atoms with Crippen molar-refractivity contribution in [2.45, 2.75) is 31.7 Å². The molecule has 0 spiro atoms. The summed E-state index contributed by atoms with van der Waals surface area (Å²) in [5.41, 5.74) is 0.621. The molecular formula is C17H21ClN2O2. The first kappa shape index (κ1) is 15.5. The number of carbonyl (C=O) groups excluding carboxylic acids is 2. The van der Waals surface area contributed by atoms with E-state index in [0.717, 1.165) is 32.2 Å². The molecule has 4 nitrogen and oxygen atoms in total. The molecule has 0 bridgehead atoms. The maximum Gasteiger partial charge on any atom is 0.223 e. The molecule has 2 aliphatic rings. The molecule has 3 rings (SSSR count). The standard InChI is InChI=1S/C17H21ClN2O2/c18-14-3-1-13(2-4-14)16(21)7-8-17(22)20-11-9-19(10-12-20)15-5-6-15/h1-4,15H,5-12H2. The Bertz CT molecular complexity index is 546. The summed E-state index contributed by atoms with van der Waals surface area (Å²) < 4.78 is 0. The quantitative estimate of drug-likeness (QED) is 0.783. The summed E-state index contributed by atoms with van der Waals surface area (Å²) in [6, 6.07) is 7.60. The highest BCUT2D eigenvalue weighted by Crippen LogP contribution is 2.27. The molecule has 1 saturated heterocycles. The van der Waals surface area contributed by atoms with Crippen LogP contribution in [-0.2, 0) is 4.79 Å². The SMILES string of the molecule is O=C(CCC(=O)N1CCN(C2CC2)CC1)c1ccc(Cl)cc1. The monoisotopic (exact) mass is 320 g/mol. The highest BCUT2D eigenvalue weighted by Gasteiger charge is 2.32. The van der Waals surface area contributed by atoms with Crippen LogP contribution < -0.4 is 0 Å². The summed E-state index contributed by atoms with van der Waals surface area (Å²) in [6.45, 7) is 3.54. The molecule has 5 heteroatoms. The van der Waals surface area contributed by atoms with E-state index in [1.54, 1.807) is 24.3 Å². The smallest absolute Gasteiger partial charge is 0.223 e. The first-order valence-corrected chi connectivity index (χ1v) is 8.32. The third-order valence-corrected chi connectivity index (χ3v) is 4.71. The van der Waals surface area contributed by atoms with Crippen molar-refractivity contribution in [1.29, 1.82) is 0 Å². The zero-order valence-electron chi connectivity index (χ0n) is 12.6. The van der Waals surface area contributed by atoms with Gasteiger partial charge in [-0.05, 0) is 37.1 Å². The van der Waals surface area contributed by atoms with Gasteiger partial charge < -0.3 is 4.90 Å². The third-order valence-electron chi connectivity index (χ3n) is 4.46.